The van der Waals surface area contributed by atoms with Gasteiger partial charge in [0.15, 0.2) is 0 Å². The van der Waals surface area contributed by atoms with E-state index >= 15 is 0 Å². The molecule has 4 nitrogen and oxygen atoms in total. The molecule has 0 aliphatic rings. The van der Waals surface area contributed by atoms with Crippen molar-refractivity contribution in [2.75, 3.05) is 6.61 Å². The van der Waals surface area contributed by atoms with Crippen molar-refractivity contribution in [2.24, 2.45) is 0 Å². The highest BCUT2D eigenvalue weighted by Gasteiger charge is 2.15. The minimum absolute atomic E-state index is 0.106. The number of carbonyl (C=O) groups excluding carboxylic acids is 1. The molecule has 0 saturated carbocycles. The fraction of sp³-hybridized carbons (Fsp3) is 0.0526. The Balaban J connectivity index is 2.12. The first-order chi connectivity index (χ1) is 11.6. The first-order valence-electron chi connectivity index (χ1n) is 7.21. The van der Waals surface area contributed by atoms with Crippen LogP contribution in [-0.2, 0) is 4.74 Å². The Kier molecular flexibility index (Phi) is 4.49. The van der Waals surface area contributed by atoms with E-state index in [4.69, 9.17) is 20.8 Å². The zero-order chi connectivity index (χ0) is 17.1. The van der Waals surface area contributed by atoms with Gasteiger partial charge in [0, 0.05) is 16.0 Å². The van der Waals surface area contributed by atoms with E-state index < -0.39 is 11.6 Å². The van der Waals surface area contributed by atoms with Crippen LogP contribution < -0.4 is 5.63 Å². The van der Waals surface area contributed by atoms with Crippen LogP contribution in [0.2, 0.25) is 5.02 Å². The molecule has 1 heterocycles. The molecule has 0 radical (unpaired) electrons. The van der Waals surface area contributed by atoms with Crippen LogP contribution in [0, 0.1) is 0 Å². The summed E-state index contributed by atoms with van der Waals surface area (Å²) in [5, 5.41) is 1.11. The number of benzene rings is 2. The van der Waals surface area contributed by atoms with E-state index in [9.17, 15) is 9.59 Å². The van der Waals surface area contributed by atoms with Crippen LogP contribution >= 0.6 is 11.6 Å². The third-order valence-corrected chi connectivity index (χ3v) is 3.80. The van der Waals surface area contributed by atoms with Crippen LogP contribution in [0.5, 0.6) is 0 Å². The van der Waals surface area contributed by atoms with E-state index in [2.05, 4.69) is 6.58 Å². The third-order valence-electron chi connectivity index (χ3n) is 3.47. The first-order valence-corrected chi connectivity index (χ1v) is 7.59. The summed E-state index contributed by atoms with van der Waals surface area (Å²) in [6, 6.07) is 13.5. The summed E-state index contributed by atoms with van der Waals surface area (Å²) in [6.07, 6.45) is 1.48. The van der Waals surface area contributed by atoms with E-state index in [1.54, 1.807) is 30.3 Å². The van der Waals surface area contributed by atoms with Gasteiger partial charge in [0.25, 0.3) is 0 Å². The Labute approximate surface area is 142 Å². The standard InChI is InChI=1S/C19H13ClO4/c1-2-9-23-18(21)13-7-8-16(20)14(11-13)15-10-12-5-3-4-6-17(12)24-19(15)22/h2-8,10-11H,1,9H2. The van der Waals surface area contributed by atoms with Crippen LogP contribution in [0.3, 0.4) is 0 Å². The van der Waals surface area contributed by atoms with Gasteiger partial charge in [0.2, 0.25) is 0 Å². The number of hydrogen-bond donors (Lipinski definition) is 0. The van der Waals surface area contributed by atoms with E-state index in [-0.39, 0.29) is 12.2 Å². The Hall–Kier alpha value is -2.85. The second kappa shape index (κ2) is 6.72. The second-order valence-corrected chi connectivity index (χ2v) is 5.47. The molecule has 0 N–H and O–H groups in total. The summed E-state index contributed by atoms with van der Waals surface area (Å²) in [5.41, 5.74) is 0.973. The molecule has 0 atom stereocenters. The lowest BCUT2D eigenvalue weighted by Gasteiger charge is -2.08. The molecule has 0 unspecified atom stereocenters. The molecule has 3 rings (SSSR count). The van der Waals surface area contributed by atoms with Gasteiger partial charge in [-0.05, 0) is 30.3 Å². The topological polar surface area (TPSA) is 56.5 Å². The van der Waals surface area contributed by atoms with Crippen molar-refractivity contribution >= 4 is 28.5 Å². The Morgan fingerprint density at radius 2 is 1.96 bits per heavy atom. The molecule has 24 heavy (non-hydrogen) atoms. The molecule has 0 bridgehead atoms. The molecule has 0 fully saturated rings. The SMILES string of the molecule is C=CCOC(=O)c1ccc(Cl)c(-c2cc3ccccc3oc2=O)c1. The number of carbonyl (C=O) groups is 1. The molecule has 1 aromatic heterocycles. The van der Waals surface area contributed by atoms with Crippen molar-refractivity contribution in [3.8, 4) is 11.1 Å². The summed E-state index contributed by atoms with van der Waals surface area (Å²) in [6.45, 7) is 3.60. The zero-order valence-electron chi connectivity index (χ0n) is 12.6. The number of esters is 1. The number of para-hydroxylation sites is 1. The smallest absolute Gasteiger partial charge is 0.344 e. The lowest BCUT2D eigenvalue weighted by molar-refractivity contribution is 0.0550. The summed E-state index contributed by atoms with van der Waals surface area (Å²) in [5.74, 6) is -0.516. The number of hydrogen-bond acceptors (Lipinski definition) is 4. The normalized spacial score (nSPS) is 10.5. The van der Waals surface area contributed by atoms with E-state index in [1.165, 1.54) is 12.1 Å². The molecule has 120 valence electrons. The molecule has 3 aromatic rings. The molecule has 0 spiro atoms. The Bertz CT molecular complexity index is 988. The van der Waals surface area contributed by atoms with Gasteiger partial charge in [-0.25, -0.2) is 9.59 Å². The Morgan fingerprint density at radius 3 is 2.75 bits per heavy atom. The average Bonchev–Trinajstić information content (AvgIpc) is 2.59. The summed E-state index contributed by atoms with van der Waals surface area (Å²) in [7, 11) is 0. The monoisotopic (exact) mass is 340 g/mol. The lowest BCUT2D eigenvalue weighted by Crippen LogP contribution is -2.07. The van der Waals surface area contributed by atoms with Crippen molar-refractivity contribution in [3.63, 3.8) is 0 Å². The maximum Gasteiger partial charge on any atom is 0.344 e. The van der Waals surface area contributed by atoms with Gasteiger partial charge < -0.3 is 9.15 Å². The number of rotatable bonds is 4. The summed E-state index contributed by atoms with van der Waals surface area (Å²) < 4.78 is 10.3. The maximum atomic E-state index is 12.3. The maximum absolute atomic E-state index is 12.3. The van der Waals surface area contributed by atoms with Crippen molar-refractivity contribution in [1.82, 2.24) is 0 Å². The van der Waals surface area contributed by atoms with Gasteiger partial charge in [0.1, 0.15) is 12.2 Å². The van der Waals surface area contributed by atoms with E-state index in [0.29, 0.717) is 21.7 Å². The van der Waals surface area contributed by atoms with Crippen LogP contribution in [0.15, 0.2) is 70.4 Å². The van der Waals surface area contributed by atoms with Gasteiger partial charge in [0.05, 0.1) is 11.1 Å². The van der Waals surface area contributed by atoms with Crippen molar-refractivity contribution in [1.29, 1.82) is 0 Å². The Morgan fingerprint density at radius 1 is 1.17 bits per heavy atom. The number of fused-ring (bicyclic) bond motifs is 1. The predicted octanol–water partition coefficient (Wildman–Crippen LogP) is 4.46. The largest absolute Gasteiger partial charge is 0.458 e. The highest BCUT2D eigenvalue weighted by molar-refractivity contribution is 6.33. The second-order valence-electron chi connectivity index (χ2n) is 5.07. The van der Waals surface area contributed by atoms with E-state index in [0.717, 1.165) is 5.39 Å². The molecular formula is C19H13ClO4. The molecule has 5 heteroatoms. The van der Waals surface area contributed by atoms with Crippen molar-refractivity contribution < 1.29 is 13.9 Å². The molecule has 2 aromatic carbocycles. The minimum atomic E-state index is -0.521. The fourth-order valence-electron chi connectivity index (χ4n) is 2.33. The summed E-state index contributed by atoms with van der Waals surface area (Å²) in [4.78, 5) is 24.3. The number of halogens is 1. The van der Waals surface area contributed by atoms with Crippen LogP contribution in [0.25, 0.3) is 22.1 Å². The molecule has 0 aliphatic carbocycles. The van der Waals surface area contributed by atoms with Gasteiger partial charge in [-0.1, -0.05) is 42.5 Å². The van der Waals surface area contributed by atoms with Gasteiger partial charge >= 0.3 is 11.6 Å². The van der Waals surface area contributed by atoms with Gasteiger partial charge in [-0.3, -0.25) is 0 Å². The van der Waals surface area contributed by atoms with Crippen LogP contribution in [-0.4, -0.2) is 12.6 Å². The third kappa shape index (κ3) is 3.09. The van der Waals surface area contributed by atoms with Gasteiger partial charge in [-0.15, -0.1) is 0 Å². The van der Waals surface area contributed by atoms with E-state index in [1.807, 2.05) is 12.1 Å². The minimum Gasteiger partial charge on any atom is -0.458 e. The molecule has 0 aliphatic heterocycles. The first kappa shape index (κ1) is 16.0. The van der Waals surface area contributed by atoms with Crippen molar-refractivity contribution in [2.45, 2.75) is 0 Å². The zero-order valence-corrected chi connectivity index (χ0v) is 13.4. The highest BCUT2D eigenvalue weighted by atomic mass is 35.5. The van der Waals surface area contributed by atoms with Crippen LogP contribution in [0.1, 0.15) is 10.4 Å². The summed E-state index contributed by atoms with van der Waals surface area (Å²) >= 11 is 6.21. The number of ether oxygens (including phenoxy) is 1. The molecule has 0 amide bonds. The van der Waals surface area contributed by atoms with Crippen LogP contribution in [0.4, 0.5) is 0 Å². The lowest BCUT2D eigenvalue weighted by atomic mass is 10.0. The van der Waals surface area contributed by atoms with Gasteiger partial charge in [-0.2, -0.15) is 0 Å². The predicted molar refractivity (Wildman–Crippen MR) is 93.4 cm³/mol. The molecule has 0 saturated heterocycles. The quantitative estimate of drug-likeness (QED) is 0.400. The molecular weight excluding hydrogens is 328 g/mol. The fourth-order valence-corrected chi connectivity index (χ4v) is 2.55. The highest BCUT2D eigenvalue weighted by Crippen LogP contribution is 2.29. The van der Waals surface area contributed by atoms with Crippen molar-refractivity contribution in [3.05, 3.63) is 82.2 Å². The average molecular weight is 341 g/mol.